The van der Waals surface area contributed by atoms with Gasteiger partial charge in [-0.3, -0.25) is 0 Å². The Labute approximate surface area is 140 Å². The van der Waals surface area contributed by atoms with Crippen LogP contribution in [0, 0.1) is 13.8 Å². The van der Waals surface area contributed by atoms with Crippen LogP contribution in [-0.2, 0) is 13.0 Å². The van der Waals surface area contributed by atoms with Crippen LogP contribution < -0.4 is 10.5 Å². The van der Waals surface area contributed by atoms with Crippen molar-refractivity contribution in [3.63, 3.8) is 0 Å². The van der Waals surface area contributed by atoms with Crippen LogP contribution in [0.1, 0.15) is 29.3 Å². The summed E-state index contributed by atoms with van der Waals surface area (Å²) in [7, 11) is 5.91. The van der Waals surface area contributed by atoms with Crippen molar-refractivity contribution < 1.29 is 4.74 Å². The standard InChI is InChI=1S/C13H21NO.C6H8N2/c1-6-11-7-10(2)13(15-5)8-12(11)9-14(3)4;1-5-3-2-4-6(7)8-5/h7-8H,6,9H2,1-5H3;2-4H,1H3,(H2,7,8). The molecule has 1 heterocycles. The number of nitrogens with zero attached hydrogens (tertiary/aromatic N) is 2. The summed E-state index contributed by atoms with van der Waals surface area (Å²) in [6.45, 7) is 7.17. The lowest BCUT2D eigenvalue weighted by molar-refractivity contribution is 0.392. The van der Waals surface area contributed by atoms with Gasteiger partial charge >= 0.3 is 0 Å². The molecular weight excluding hydrogens is 286 g/mol. The molecule has 0 bridgehead atoms. The fourth-order valence-electron chi connectivity index (χ4n) is 2.39. The van der Waals surface area contributed by atoms with Gasteiger partial charge in [-0.1, -0.05) is 19.1 Å². The number of nitrogens with two attached hydrogens (primary N) is 1. The molecule has 0 saturated carbocycles. The molecule has 0 saturated heterocycles. The SMILES string of the molecule is CCc1cc(C)c(OC)cc1CN(C)C.Cc1cccc(N)n1. The second-order valence-electron chi connectivity index (χ2n) is 5.89. The number of rotatable bonds is 4. The van der Waals surface area contributed by atoms with Crippen molar-refractivity contribution in [2.75, 3.05) is 26.9 Å². The zero-order valence-electron chi connectivity index (χ0n) is 15.2. The fourth-order valence-corrected chi connectivity index (χ4v) is 2.39. The summed E-state index contributed by atoms with van der Waals surface area (Å²) in [6, 6.07) is 9.97. The van der Waals surface area contributed by atoms with Gasteiger partial charge in [0.15, 0.2) is 0 Å². The molecule has 0 aliphatic heterocycles. The van der Waals surface area contributed by atoms with Gasteiger partial charge < -0.3 is 15.4 Å². The number of ether oxygens (including phenoxy) is 1. The summed E-state index contributed by atoms with van der Waals surface area (Å²) in [6.07, 6.45) is 1.08. The molecule has 2 rings (SSSR count). The van der Waals surface area contributed by atoms with E-state index in [9.17, 15) is 0 Å². The average molecular weight is 315 g/mol. The van der Waals surface area contributed by atoms with Gasteiger partial charge in [0.25, 0.3) is 0 Å². The van der Waals surface area contributed by atoms with E-state index in [0.29, 0.717) is 5.82 Å². The van der Waals surface area contributed by atoms with Crippen LogP contribution in [0.15, 0.2) is 30.3 Å². The van der Waals surface area contributed by atoms with Gasteiger partial charge in [-0.15, -0.1) is 0 Å². The van der Waals surface area contributed by atoms with E-state index < -0.39 is 0 Å². The molecule has 126 valence electrons. The normalized spacial score (nSPS) is 10.2. The molecule has 0 fully saturated rings. The Morgan fingerprint density at radius 3 is 2.26 bits per heavy atom. The van der Waals surface area contributed by atoms with Crippen molar-refractivity contribution in [1.82, 2.24) is 9.88 Å². The van der Waals surface area contributed by atoms with Gasteiger partial charge in [0.05, 0.1) is 7.11 Å². The zero-order valence-corrected chi connectivity index (χ0v) is 15.2. The quantitative estimate of drug-likeness (QED) is 0.936. The Hall–Kier alpha value is -2.07. The van der Waals surface area contributed by atoms with E-state index in [-0.39, 0.29) is 0 Å². The first-order valence-corrected chi connectivity index (χ1v) is 7.87. The number of hydrogen-bond donors (Lipinski definition) is 1. The highest BCUT2D eigenvalue weighted by Gasteiger charge is 2.07. The number of hydrogen-bond acceptors (Lipinski definition) is 4. The largest absolute Gasteiger partial charge is 0.496 e. The maximum atomic E-state index is 5.35. The molecule has 1 aromatic carbocycles. The van der Waals surface area contributed by atoms with Gasteiger partial charge in [0, 0.05) is 12.2 Å². The van der Waals surface area contributed by atoms with Gasteiger partial charge in [0.2, 0.25) is 0 Å². The lowest BCUT2D eigenvalue weighted by Crippen LogP contribution is -2.12. The Balaban J connectivity index is 0.000000277. The third-order valence-electron chi connectivity index (χ3n) is 3.49. The van der Waals surface area contributed by atoms with Gasteiger partial charge in [0.1, 0.15) is 11.6 Å². The first kappa shape index (κ1) is 19.0. The summed E-state index contributed by atoms with van der Waals surface area (Å²) in [5.74, 6) is 1.58. The monoisotopic (exact) mass is 315 g/mol. The van der Waals surface area contributed by atoms with E-state index in [1.165, 1.54) is 16.7 Å². The minimum atomic E-state index is 0.588. The number of pyridine rings is 1. The highest BCUT2D eigenvalue weighted by Crippen LogP contribution is 2.24. The van der Waals surface area contributed by atoms with Gasteiger partial charge in [-0.25, -0.2) is 4.98 Å². The number of anilines is 1. The maximum Gasteiger partial charge on any atom is 0.123 e. The molecule has 0 spiro atoms. The summed E-state index contributed by atoms with van der Waals surface area (Å²) in [5.41, 5.74) is 10.3. The third kappa shape index (κ3) is 6.28. The maximum absolute atomic E-state index is 5.35. The molecule has 0 aliphatic rings. The van der Waals surface area contributed by atoms with E-state index in [4.69, 9.17) is 10.5 Å². The molecule has 2 aromatic rings. The molecule has 23 heavy (non-hydrogen) atoms. The van der Waals surface area contributed by atoms with E-state index >= 15 is 0 Å². The van der Waals surface area contributed by atoms with Crippen molar-refractivity contribution in [3.05, 3.63) is 52.7 Å². The molecule has 4 nitrogen and oxygen atoms in total. The molecule has 0 atom stereocenters. The van der Waals surface area contributed by atoms with Crippen molar-refractivity contribution in [1.29, 1.82) is 0 Å². The number of aromatic nitrogens is 1. The molecule has 0 unspecified atom stereocenters. The first-order chi connectivity index (χ1) is 10.9. The average Bonchev–Trinajstić information content (AvgIpc) is 2.48. The topological polar surface area (TPSA) is 51.4 Å². The zero-order chi connectivity index (χ0) is 17.4. The van der Waals surface area contributed by atoms with Crippen LogP contribution in [0.4, 0.5) is 5.82 Å². The summed E-state index contributed by atoms with van der Waals surface area (Å²) in [5, 5.41) is 0. The van der Waals surface area contributed by atoms with E-state index in [0.717, 1.165) is 24.4 Å². The van der Waals surface area contributed by atoms with Crippen LogP contribution in [0.5, 0.6) is 5.75 Å². The summed E-state index contributed by atoms with van der Waals surface area (Å²) >= 11 is 0. The van der Waals surface area contributed by atoms with Crippen molar-refractivity contribution in [2.24, 2.45) is 0 Å². The highest BCUT2D eigenvalue weighted by atomic mass is 16.5. The molecule has 0 amide bonds. The number of aryl methyl sites for hydroxylation is 3. The smallest absolute Gasteiger partial charge is 0.123 e. The molecule has 2 N–H and O–H groups in total. The van der Waals surface area contributed by atoms with Crippen LogP contribution >= 0.6 is 0 Å². The fraction of sp³-hybridized carbons (Fsp3) is 0.421. The summed E-state index contributed by atoms with van der Waals surface area (Å²) < 4.78 is 5.35. The molecule has 0 radical (unpaired) electrons. The Bertz CT molecular complexity index is 607. The van der Waals surface area contributed by atoms with Crippen LogP contribution in [0.2, 0.25) is 0 Å². The molecular formula is C19H29N3O. The van der Waals surface area contributed by atoms with Crippen molar-refractivity contribution in [3.8, 4) is 5.75 Å². The van der Waals surface area contributed by atoms with E-state index in [2.05, 4.69) is 50.0 Å². The minimum absolute atomic E-state index is 0.588. The molecule has 0 aliphatic carbocycles. The lowest BCUT2D eigenvalue weighted by atomic mass is 10.0. The predicted molar refractivity (Wildman–Crippen MR) is 97.9 cm³/mol. The first-order valence-electron chi connectivity index (χ1n) is 7.87. The molecule has 1 aromatic heterocycles. The second-order valence-corrected chi connectivity index (χ2v) is 5.89. The minimum Gasteiger partial charge on any atom is -0.496 e. The van der Waals surface area contributed by atoms with Gasteiger partial charge in [-0.2, -0.15) is 0 Å². The Morgan fingerprint density at radius 1 is 1.13 bits per heavy atom. The van der Waals surface area contributed by atoms with Crippen LogP contribution in [0.25, 0.3) is 0 Å². The van der Waals surface area contributed by atoms with Crippen molar-refractivity contribution in [2.45, 2.75) is 33.7 Å². The highest BCUT2D eigenvalue weighted by molar-refractivity contribution is 5.42. The predicted octanol–water partition coefficient (Wildman–Crippen LogP) is 3.60. The van der Waals surface area contributed by atoms with Gasteiger partial charge in [-0.05, 0) is 69.3 Å². The molecule has 4 heteroatoms. The number of nitrogen functional groups attached to an aromatic ring is 1. The third-order valence-corrected chi connectivity index (χ3v) is 3.49. The second kappa shape index (κ2) is 9.16. The number of benzene rings is 1. The lowest BCUT2D eigenvalue weighted by Gasteiger charge is -2.16. The Morgan fingerprint density at radius 2 is 1.83 bits per heavy atom. The van der Waals surface area contributed by atoms with Crippen molar-refractivity contribution >= 4 is 5.82 Å². The van der Waals surface area contributed by atoms with Crippen LogP contribution in [0.3, 0.4) is 0 Å². The summed E-state index contributed by atoms with van der Waals surface area (Å²) in [4.78, 5) is 6.14. The Kier molecular flexibility index (Phi) is 7.55. The van der Waals surface area contributed by atoms with E-state index in [1.807, 2.05) is 19.1 Å². The van der Waals surface area contributed by atoms with E-state index in [1.54, 1.807) is 13.2 Å². The van der Waals surface area contributed by atoms with Crippen LogP contribution in [-0.4, -0.2) is 31.1 Å². The number of methoxy groups -OCH3 is 1.